The van der Waals surface area contributed by atoms with Crippen LogP contribution in [0.25, 0.3) is 0 Å². The van der Waals surface area contributed by atoms with Gasteiger partial charge in [0.15, 0.2) is 6.29 Å². The maximum Gasteiger partial charge on any atom is 0.352 e. The van der Waals surface area contributed by atoms with Crippen molar-refractivity contribution in [2.45, 2.75) is 64.6 Å². The third kappa shape index (κ3) is 11.4. The number of primary amides is 1. The van der Waals surface area contributed by atoms with Crippen molar-refractivity contribution >= 4 is 18.2 Å². The van der Waals surface area contributed by atoms with Gasteiger partial charge in [0.05, 0.1) is 11.4 Å². The first-order chi connectivity index (χ1) is 18.3. The lowest BCUT2D eigenvalue weighted by Crippen LogP contribution is -2.35. The van der Waals surface area contributed by atoms with Crippen LogP contribution in [0, 0.1) is 6.92 Å². The third-order valence-electron chi connectivity index (χ3n) is 5.91. The van der Waals surface area contributed by atoms with Gasteiger partial charge in [0.1, 0.15) is 5.75 Å². The number of aromatic hydroxyl groups is 1. The summed E-state index contributed by atoms with van der Waals surface area (Å²) in [6, 6.07) is 6.01. The van der Waals surface area contributed by atoms with Crippen LogP contribution in [0.4, 0.5) is 10.5 Å². The highest BCUT2D eigenvalue weighted by Crippen LogP contribution is 2.21. The number of pyridine rings is 1. The fourth-order valence-electron chi connectivity index (χ4n) is 3.99. The summed E-state index contributed by atoms with van der Waals surface area (Å²) in [5, 5.41) is 32.2. The van der Waals surface area contributed by atoms with E-state index in [0.29, 0.717) is 31.0 Å². The van der Waals surface area contributed by atoms with Crippen LogP contribution in [0.3, 0.4) is 0 Å². The summed E-state index contributed by atoms with van der Waals surface area (Å²) in [6.07, 6.45) is 7.22. The smallest absolute Gasteiger partial charge is 0.352 e. The zero-order valence-electron chi connectivity index (χ0n) is 22.0. The van der Waals surface area contributed by atoms with Crippen molar-refractivity contribution in [1.82, 2.24) is 10.3 Å². The lowest BCUT2D eigenvalue weighted by molar-refractivity contribution is -0.128. The first-order valence-electron chi connectivity index (χ1n) is 12.9. The second-order valence-corrected chi connectivity index (χ2v) is 9.10. The summed E-state index contributed by atoms with van der Waals surface area (Å²) in [7, 11) is 0. The minimum Gasteiger partial charge on any atom is -0.506 e. The van der Waals surface area contributed by atoms with Gasteiger partial charge in [-0.25, -0.2) is 4.79 Å². The summed E-state index contributed by atoms with van der Waals surface area (Å²) >= 11 is 0. The molecule has 0 fully saturated rings. The number of urea groups is 1. The van der Waals surface area contributed by atoms with Crippen LogP contribution in [0.2, 0.25) is 0 Å². The molecule has 0 aliphatic carbocycles. The fourth-order valence-corrected chi connectivity index (χ4v) is 3.99. The Bertz CT molecular complexity index is 1000. The van der Waals surface area contributed by atoms with Crippen molar-refractivity contribution < 1.29 is 34.5 Å². The number of carbonyl (C=O) groups excluding carboxylic acids is 2. The van der Waals surface area contributed by atoms with Crippen molar-refractivity contribution in [3.05, 3.63) is 52.8 Å². The van der Waals surface area contributed by atoms with Crippen molar-refractivity contribution in [3.8, 4) is 5.75 Å². The lowest BCUT2D eigenvalue weighted by atomic mass is 10.0. The second kappa shape index (κ2) is 17.3. The molecule has 0 radical (unpaired) electrons. The van der Waals surface area contributed by atoms with Crippen LogP contribution < -0.4 is 16.1 Å². The summed E-state index contributed by atoms with van der Waals surface area (Å²) in [5.41, 5.74) is 8.37. The summed E-state index contributed by atoms with van der Waals surface area (Å²) < 4.78 is 5.74. The van der Waals surface area contributed by atoms with Gasteiger partial charge in [0, 0.05) is 37.9 Å². The van der Waals surface area contributed by atoms with E-state index in [1.165, 1.54) is 12.3 Å². The number of aryl methyl sites for hydroxylation is 2. The molecule has 1 heterocycles. The molecule has 2 rings (SSSR count). The summed E-state index contributed by atoms with van der Waals surface area (Å²) in [5.74, 6) is -0.0283. The molecule has 0 atom stereocenters. The maximum atomic E-state index is 11.5. The second-order valence-electron chi connectivity index (χ2n) is 9.10. The number of hydroxylamine groups is 1. The monoisotopic (exact) mass is 532 g/mol. The van der Waals surface area contributed by atoms with E-state index in [4.69, 9.17) is 20.7 Å². The number of nitrogens with one attached hydrogen (secondary N) is 1. The van der Waals surface area contributed by atoms with Crippen molar-refractivity contribution in [3.63, 3.8) is 0 Å². The number of aliphatic hydroxyl groups is 2. The molecular weight excluding hydrogens is 492 g/mol. The predicted molar refractivity (Wildman–Crippen MR) is 142 cm³/mol. The minimum absolute atomic E-state index is 0.0283. The summed E-state index contributed by atoms with van der Waals surface area (Å²) in [4.78, 5) is 30.9. The summed E-state index contributed by atoms with van der Waals surface area (Å²) in [6.45, 7) is 5.08. The molecule has 0 unspecified atom stereocenters. The number of rotatable bonds is 19. The zero-order chi connectivity index (χ0) is 27.8. The zero-order valence-corrected chi connectivity index (χ0v) is 22.0. The highest BCUT2D eigenvalue weighted by atomic mass is 16.7. The quantitative estimate of drug-likeness (QED) is 0.0791. The number of hydrogen-bond donors (Lipinski definition) is 5. The maximum absolute atomic E-state index is 11.5. The van der Waals surface area contributed by atoms with Gasteiger partial charge in [-0.3, -0.25) is 9.78 Å². The average molecular weight is 533 g/mol. The Morgan fingerprint density at radius 3 is 2.47 bits per heavy atom. The van der Waals surface area contributed by atoms with Gasteiger partial charge in [-0.2, -0.15) is 0 Å². The Hall–Kier alpha value is -3.25. The lowest BCUT2D eigenvalue weighted by Gasteiger charge is -2.18. The molecule has 2 aromatic rings. The number of aromatic nitrogens is 1. The fraction of sp³-hybridized carbons (Fsp3) is 0.519. The number of anilines is 1. The van der Waals surface area contributed by atoms with Gasteiger partial charge in [-0.1, -0.05) is 18.9 Å². The Kier molecular flexibility index (Phi) is 14.1. The van der Waals surface area contributed by atoms with E-state index in [0.717, 1.165) is 74.3 Å². The van der Waals surface area contributed by atoms with Gasteiger partial charge in [-0.05, 0) is 74.9 Å². The number of hydrogen-bond acceptors (Lipinski definition) is 9. The van der Waals surface area contributed by atoms with E-state index in [-0.39, 0.29) is 17.8 Å². The van der Waals surface area contributed by atoms with Gasteiger partial charge >= 0.3 is 12.5 Å². The molecule has 2 amide bonds. The molecule has 1 aromatic carbocycles. The van der Waals surface area contributed by atoms with Crippen molar-refractivity contribution in [2.24, 2.45) is 5.73 Å². The van der Waals surface area contributed by atoms with Gasteiger partial charge < -0.3 is 35.9 Å². The van der Waals surface area contributed by atoms with Crippen LogP contribution in [0.1, 0.15) is 67.2 Å². The van der Waals surface area contributed by atoms with E-state index in [2.05, 4.69) is 15.1 Å². The number of carbonyl (C=O) groups is 2. The van der Waals surface area contributed by atoms with E-state index in [1.54, 1.807) is 12.1 Å². The molecule has 0 saturated heterocycles. The predicted octanol–water partition coefficient (Wildman–Crippen LogP) is 2.78. The average Bonchev–Trinajstić information content (AvgIpc) is 2.87. The molecule has 210 valence electrons. The molecule has 1 aromatic heterocycles. The third-order valence-corrected chi connectivity index (χ3v) is 5.91. The molecule has 6 N–H and O–H groups in total. The van der Waals surface area contributed by atoms with Crippen LogP contribution in [0.5, 0.6) is 5.75 Å². The van der Waals surface area contributed by atoms with Crippen LogP contribution in [-0.2, 0) is 27.2 Å². The Labute approximate surface area is 223 Å². The molecule has 11 nitrogen and oxygen atoms in total. The van der Waals surface area contributed by atoms with Crippen molar-refractivity contribution in [2.75, 3.05) is 31.4 Å². The molecule has 0 spiro atoms. The highest BCUT2D eigenvalue weighted by molar-refractivity contribution is 5.89. The number of unbranched alkanes of at least 4 members (excludes halogenated alkanes) is 4. The van der Waals surface area contributed by atoms with E-state index < -0.39 is 12.3 Å². The van der Waals surface area contributed by atoms with E-state index >= 15 is 0 Å². The number of nitrogens with zero attached hydrogens (tertiary/aromatic N) is 2. The van der Waals surface area contributed by atoms with Gasteiger partial charge in [0.25, 0.3) is 0 Å². The van der Waals surface area contributed by atoms with Gasteiger partial charge in [-0.15, -0.1) is 5.06 Å². The molecule has 0 saturated carbocycles. The number of benzene rings is 1. The van der Waals surface area contributed by atoms with Crippen LogP contribution >= 0.6 is 0 Å². The highest BCUT2D eigenvalue weighted by Gasteiger charge is 2.15. The molecule has 0 aliphatic rings. The molecule has 0 aliphatic heterocycles. The normalized spacial score (nSPS) is 11.1. The van der Waals surface area contributed by atoms with Crippen molar-refractivity contribution in [1.29, 1.82) is 0 Å². The topological polar surface area (TPSA) is 167 Å². The Morgan fingerprint density at radius 1 is 1.05 bits per heavy atom. The first kappa shape index (κ1) is 31.0. The molecule has 38 heavy (non-hydrogen) atoms. The van der Waals surface area contributed by atoms with E-state index in [9.17, 15) is 14.7 Å². The molecule has 11 heteroatoms. The largest absolute Gasteiger partial charge is 0.506 e. The van der Waals surface area contributed by atoms with Gasteiger partial charge in [0.2, 0.25) is 0 Å². The standard InChI is InChI=1S/C27H40N4O7/c1-20-14-21(16-23(15-20)31(27(28)36)38-19-32)8-4-7-13-37-12-6-3-2-5-10-29-11-9-24-25(33)17-22(18-30-24)26(34)35/h14-19,26,29,33-35H,2-13H2,1H3,(H2,28,36). The van der Waals surface area contributed by atoms with Crippen LogP contribution in [0.15, 0.2) is 30.5 Å². The number of nitrogens with two attached hydrogens (primary N) is 1. The van der Waals surface area contributed by atoms with Crippen LogP contribution in [-0.4, -0.2) is 59.1 Å². The molecule has 0 bridgehead atoms. The Balaban J connectivity index is 1.48. The SMILES string of the molecule is Cc1cc(CCCCOCCCCCCNCCc2ncc(C(O)O)cc2O)cc(N(OC=O)C(N)=O)c1. The first-order valence-corrected chi connectivity index (χ1v) is 12.9. The van der Waals surface area contributed by atoms with E-state index in [1.807, 2.05) is 13.0 Å². The number of aliphatic hydroxyl groups excluding tert-OH is 1. The number of ether oxygens (including phenoxy) is 1. The molecular formula is C27H40N4O7. The Morgan fingerprint density at radius 2 is 1.79 bits per heavy atom. The minimum atomic E-state index is -1.64. The number of amides is 2.